The third-order valence-corrected chi connectivity index (χ3v) is 4.08. The number of ether oxygens (including phenoxy) is 1. The maximum atomic E-state index is 6.01. The Morgan fingerprint density at radius 2 is 1.78 bits per heavy atom. The first kappa shape index (κ1) is 21.0. The third kappa shape index (κ3) is 4.90. The van der Waals surface area contributed by atoms with E-state index in [4.69, 9.17) is 21.0 Å². The van der Waals surface area contributed by atoms with E-state index in [2.05, 4.69) is 28.2 Å². The van der Waals surface area contributed by atoms with Crippen LogP contribution in [-0.4, -0.2) is 35.9 Å². The van der Waals surface area contributed by atoms with Crippen LogP contribution in [0.4, 0.5) is 0 Å². The maximum Gasteiger partial charge on any atom is 0.226 e. The second kappa shape index (κ2) is 8.58. The fraction of sp³-hybridized carbons (Fsp3) is 0.368. The maximum absolute atomic E-state index is 6.01. The van der Waals surface area contributed by atoms with Crippen molar-refractivity contribution in [3.63, 3.8) is 0 Å². The zero-order valence-electron chi connectivity index (χ0n) is 15.8. The number of fused-ring (bicyclic) bond motifs is 1. The summed E-state index contributed by atoms with van der Waals surface area (Å²) in [5.41, 5.74) is 10.9. The second-order valence-corrected chi connectivity index (χ2v) is 6.92. The molecule has 0 bridgehead atoms. The largest absolute Gasteiger partial charge is 0.493 e. The monoisotopic (exact) mass is 435 g/mol. The number of halogens is 1. The predicted molar refractivity (Wildman–Crippen MR) is 114 cm³/mol. The van der Waals surface area contributed by atoms with Crippen LogP contribution >= 0.6 is 17.0 Å². The molecule has 0 amide bonds. The summed E-state index contributed by atoms with van der Waals surface area (Å²) in [6.07, 6.45) is 0. The van der Waals surface area contributed by atoms with E-state index in [1.807, 2.05) is 45.0 Å². The van der Waals surface area contributed by atoms with Crippen LogP contribution in [0.3, 0.4) is 0 Å². The summed E-state index contributed by atoms with van der Waals surface area (Å²) in [4.78, 5) is 14.0. The van der Waals surface area contributed by atoms with Crippen LogP contribution in [-0.2, 0) is 4.84 Å². The zero-order valence-corrected chi connectivity index (χ0v) is 17.5. The average molecular weight is 436 g/mol. The topological polar surface area (TPSA) is 98.5 Å². The molecule has 0 aliphatic carbocycles. The molecule has 0 saturated heterocycles. The molecule has 0 saturated carbocycles. The number of rotatable bonds is 6. The van der Waals surface area contributed by atoms with Gasteiger partial charge in [0.05, 0.1) is 13.2 Å². The van der Waals surface area contributed by atoms with Gasteiger partial charge in [-0.25, -0.2) is 4.99 Å². The quantitative estimate of drug-likeness (QED) is 0.726. The molecule has 0 fully saturated rings. The third-order valence-electron chi connectivity index (χ3n) is 4.08. The van der Waals surface area contributed by atoms with Crippen LogP contribution in [0.1, 0.15) is 20.8 Å². The Morgan fingerprint density at radius 3 is 2.52 bits per heavy atom. The predicted octanol–water partition coefficient (Wildman–Crippen LogP) is 3.05. The highest BCUT2D eigenvalue weighted by Gasteiger charge is 2.33. The molecular weight excluding hydrogens is 410 g/mol. The first-order valence-electron chi connectivity index (χ1n) is 8.60. The molecule has 1 aliphatic rings. The van der Waals surface area contributed by atoms with Crippen molar-refractivity contribution in [3.8, 4) is 5.75 Å². The van der Waals surface area contributed by atoms with Crippen molar-refractivity contribution >= 4 is 39.7 Å². The Hall–Kier alpha value is -2.32. The minimum absolute atomic E-state index is 0. The van der Waals surface area contributed by atoms with E-state index in [1.165, 1.54) is 5.06 Å². The molecular formula is C19H26BrN5O2. The first-order chi connectivity index (χ1) is 12.4. The average Bonchev–Trinajstić information content (AvgIpc) is 2.58. The Morgan fingerprint density at radius 1 is 1.07 bits per heavy atom. The molecule has 8 heteroatoms. The van der Waals surface area contributed by atoms with E-state index < -0.39 is 5.66 Å². The summed E-state index contributed by atoms with van der Waals surface area (Å²) >= 11 is 0. The van der Waals surface area contributed by atoms with Crippen LogP contribution in [0.5, 0.6) is 5.75 Å². The molecule has 1 aliphatic heterocycles. The highest BCUT2D eigenvalue weighted by molar-refractivity contribution is 8.93. The second-order valence-electron chi connectivity index (χ2n) is 6.92. The van der Waals surface area contributed by atoms with Crippen LogP contribution in [0.25, 0.3) is 10.8 Å². The summed E-state index contributed by atoms with van der Waals surface area (Å²) in [6.45, 7) is 6.70. The van der Waals surface area contributed by atoms with E-state index in [9.17, 15) is 0 Å². The fourth-order valence-electron chi connectivity index (χ4n) is 2.82. The summed E-state index contributed by atoms with van der Waals surface area (Å²) in [5.74, 6) is 1.36. The molecule has 7 nitrogen and oxygen atoms in total. The summed E-state index contributed by atoms with van der Waals surface area (Å²) in [7, 11) is 0. The van der Waals surface area contributed by atoms with Gasteiger partial charge in [-0.05, 0) is 25.3 Å². The van der Waals surface area contributed by atoms with E-state index in [-0.39, 0.29) is 34.8 Å². The van der Waals surface area contributed by atoms with Gasteiger partial charge in [0, 0.05) is 11.3 Å². The molecule has 0 aromatic heterocycles. The molecule has 4 N–H and O–H groups in total. The highest BCUT2D eigenvalue weighted by atomic mass is 79.9. The van der Waals surface area contributed by atoms with Crippen LogP contribution < -0.4 is 16.2 Å². The molecule has 2 aromatic carbocycles. The van der Waals surface area contributed by atoms with Crippen LogP contribution in [0.15, 0.2) is 52.4 Å². The minimum atomic E-state index is -0.702. The lowest BCUT2D eigenvalue weighted by atomic mass is 10.1. The number of guanidine groups is 2. The smallest absolute Gasteiger partial charge is 0.226 e. The summed E-state index contributed by atoms with van der Waals surface area (Å²) < 4.78 is 6.01. The van der Waals surface area contributed by atoms with Crippen molar-refractivity contribution < 1.29 is 9.57 Å². The highest BCUT2D eigenvalue weighted by Crippen LogP contribution is 2.26. The molecule has 1 heterocycles. The number of nitrogens with two attached hydrogens (primary N) is 2. The van der Waals surface area contributed by atoms with Gasteiger partial charge in [-0.1, -0.05) is 43.3 Å². The fourth-order valence-corrected chi connectivity index (χ4v) is 2.82. The number of hydrogen-bond acceptors (Lipinski definition) is 7. The number of aliphatic imine (C=N–C) groups is 2. The Balaban J connectivity index is 0.00000261. The molecule has 3 rings (SSSR count). The summed E-state index contributed by atoms with van der Waals surface area (Å²) in [5, 5.41) is 3.74. The lowest BCUT2D eigenvalue weighted by molar-refractivity contribution is -0.167. The molecule has 27 heavy (non-hydrogen) atoms. The van der Waals surface area contributed by atoms with Crippen molar-refractivity contribution in [2.45, 2.75) is 26.4 Å². The van der Waals surface area contributed by atoms with Crippen molar-refractivity contribution in [2.24, 2.45) is 27.4 Å². The SMILES string of the molecule is Br.C[C@@H](COc1cccc2ccccc12)CON1C(N)=NC(N)=NC1(C)C. The van der Waals surface area contributed by atoms with E-state index in [0.29, 0.717) is 13.2 Å². The Kier molecular flexibility index (Phi) is 6.67. The van der Waals surface area contributed by atoms with Gasteiger partial charge in [0.25, 0.3) is 0 Å². The van der Waals surface area contributed by atoms with E-state index in [1.54, 1.807) is 0 Å². The zero-order chi connectivity index (χ0) is 18.7. The van der Waals surface area contributed by atoms with Crippen molar-refractivity contribution in [3.05, 3.63) is 42.5 Å². The lowest BCUT2D eigenvalue weighted by Crippen LogP contribution is -2.54. The van der Waals surface area contributed by atoms with Gasteiger partial charge in [-0.2, -0.15) is 10.1 Å². The minimum Gasteiger partial charge on any atom is -0.493 e. The first-order valence-corrected chi connectivity index (χ1v) is 8.60. The Labute approximate surface area is 169 Å². The van der Waals surface area contributed by atoms with Crippen molar-refractivity contribution in [2.75, 3.05) is 13.2 Å². The Bertz CT molecular complexity index is 848. The van der Waals surface area contributed by atoms with E-state index >= 15 is 0 Å². The molecule has 2 aromatic rings. The van der Waals surface area contributed by atoms with Gasteiger partial charge < -0.3 is 16.2 Å². The van der Waals surface area contributed by atoms with Gasteiger partial charge in [-0.15, -0.1) is 17.0 Å². The van der Waals surface area contributed by atoms with Crippen molar-refractivity contribution in [1.82, 2.24) is 5.06 Å². The standard InChI is InChI=1S/C19H25N5O2.BrH/c1-13(12-26-24-18(21)22-17(20)23-19(24,2)3)11-25-16-10-6-8-14-7-4-5-9-15(14)16;/h4-10,13H,11-12H2,1-3H3,(H4,20,21,22,23);1H/t13-;/m0./s1. The van der Waals surface area contributed by atoms with Crippen molar-refractivity contribution in [1.29, 1.82) is 0 Å². The number of benzene rings is 2. The number of nitrogens with zero attached hydrogens (tertiary/aromatic N) is 3. The summed E-state index contributed by atoms with van der Waals surface area (Å²) in [6, 6.07) is 14.2. The van der Waals surface area contributed by atoms with Crippen LogP contribution in [0.2, 0.25) is 0 Å². The number of hydrogen-bond donors (Lipinski definition) is 2. The molecule has 1 atom stereocenters. The van der Waals surface area contributed by atoms with Crippen LogP contribution in [0, 0.1) is 5.92 Å². The van der Waals surface area contributed by atoms with Gasteiger partial charge in [0.15, 0.2) is 5.66 Å². The van der Waals surface area contributed by atoms with Gasteiger partial charge in [0.2, 0.25) is 11.9 Å². The van der Waals surface area contributed by atoms with E-state index in [0.717, 1.165) is 16.5 Å². The molecule has 0 radical (unpaired) electrons. The molecule has 146 valence electrons. The lowest BCUT2D eigenvalue weighted by Gasteiger charge is -2.37. The normalized spacial score (nSPS) is 16.9. The van der Waals surface area contributed by atoms with Gasteiger partial charge in [0.1, 0.15) is 5.75 Å². The molecule has 0 unspecified atom stereocenters. The molecule has 0 spiro atoms. The number of hydroxylamine groups is 2. The van der Waals surface area contributed by atoms with Gasteiger partial charge >= 0.3 is 0 Å². The van der Waals surface area contributed by atoms with Gasteiger partial charge in [-0.3, -0.25) is 4.84 Å².